The Labute approximate surface area is 245 Å². The molecule has 0 heterocycles. The van der Waals surface area contributed by atoms with Gasteiger partial charge in [-0.1, -0.05) is 103 Å². The maximum Gasteiger partial charge on any atom is 1.00 e. The molecule has 0 amide bonds. The summed E-state index contributed by atoms with van der Waals surface area (Å²) in [6.45, 7) is 2.62. The first-order chi connectivity index (χ1) is 17.3. The summed E-state index contributed by atoms with van der Waals surface area (Å²) >= 11 is 0. The summed E-state index contributed by atoms with van der Waals surface area (Å²) in [6, 6.07) is 0. The Bertz CT molecular complexity index is 577. The Morgan fingerprint density at radius 3 is 1.27 bits per heavy atom. The van der Waals surface area contributed by atoms with Crippen LogP contribution in [0.2, 0.25) is 0 Å². The Kier molecular flexibility index (Phi) is 35.4. The molecule has 0 aliphatic rings. The van der Waals surface area contributed by atoms with Gasteiger partial charge in [-0.3, -0.25) is 9.59 Å². The van der Waals surface area contributed by atoms with E-state index in [-0.39, 0.29) is 42.4 Å². The van der Waals surface area contributed by atoms with Crippen molar-refractivity contribution in [1.82, 2.24) is 0 Å². The fraction of sp³-hybridized carbons (Fsp3) is 0.786. The zero-order chi connectivity index (χ0) is 27.3. The van der Waals surface area contributed by atoms with Crippen LogP contribution < -0.4 is 34.7 Å². The fourth-order valence-corrected chi connectivity index (χ4v) is 3.56. The molecule has 0 unspecified atom stereocenters. The van der Waals surface area contributed by atoms with E-state index in [1.165, 1.54) is 89.9 Å². The predicted molar refractivity (Wildman–Crippen MR) is 138 cm³/mol. The van der Waals surface area contributed by atoms with Crippen LogP contribution in [0.15, 0.2) is 12.2 Å². The Balaban J connectivity index is -0.000000886. The van der Waals surface area contributed by atoms with E-state index in [1.54, 1.807) is 0 Å². The molecule has 0 aromatic rings. The molecule has 210 valence electrons. The second-order valence-electron chi connectivity index (χ2n) is 9.12. The van der Waals surface area contributed by atoms with Crippen molar-refractivity contribution in [3.8, 4) is 0 Å². The third-order valence-electron chi connectivity index (χ3n) is 5.63. The van der Waals surface area contributed by atoms with E-state index in [9.17, 15) is 24.3 Å². The van der Waals surface area contributed by atoms with Gasteiger partial charge in [-0.2, -0.15) is 0 Å². The third-order valence-corrected chi connectivity index (χ3v) is 5.63. The van der Waals surface area contributed by atoms with Gasteiger partial charge >= 0.3 is 47.5 Å². The first-order valence-electron chi connectivity index (χ1n) is 13.8. The number of carboxylic acid groups (broad SMARTS) is 3. The average molecular weight is 537 g/mol. The van der Waals surface area contributed by atoms with Crippen LogP contribution in [-0.4, -0.2) is 40.7 Å². The molecule has 0 radical (unpaired) electrons. The molecule has 0 aliphatic heterocycles. The molecule has 8 nitrogen and oxygen atoms in total. The maximum atomic E-state index is 11.1. The largest absolute Gasteiger partial charge is 1.00 e. The molecular weight excluding hydrogens is 487 g/mol. The van der Waals surface area contributed by atoms with Crippen LogP contribution in [-0.2, 0) is 23.9 Å². The molecule has 9 heteroatoms. The van der Waals surface area contributed by atoms with Crippen molar-refractivity contribution in [2.24, 2.45) is 0 Å². The summed E-state index contributed by atoms with van der Waals surface area (Å²) in [5.74, 6) is -3.74. The SMILES string of the molecule is CCCCCCCCCCCCCCCCCCOC(=O)C=CC(=O)[O-].O=C(O)CCCCC(=O)O.[Na+]. The van der Waals surface area contributed by atoms with Gasteiger partial charge in [0.2, 0.25) is 0 Å². The van der Waals surface area contributed by atoms with Crippen molar-refractivity contribution >= 4 is 23.9 Å². The van der Waals surface area contributed by atoms with Crippen LogP contribution in [0.5, 0.6) is 0 Å². The summed E-state index contributed by atoms with van der Waals surface area (Å²) in [6.07, 6.45) is 23.5. The van der Waals surface area contributed by atoms with Crippen LogP contribution in [0.25, 0.3) is 0 Å². The van der Waals surface area contributed by atoms with Crippen molar-refractivity contribution < 1.29 is 68.8 Å². The van der Waals surface area contributed by atoms with Crippen LogP contribution in [0.4, 0.5) is 0 Å². The van der Waals surface area contributed by atoms with Crippen molar-refractivity contribution in [2.75, 3.05) is 6.61 Å². The third kappa shape index (κ3) is 42.0. The van der Waals surface area contributed by atoms with E-state index >= 15 is 0 Å². The van der Waals surface area contributed by atoms with Gasteiger partial charge in [0.15, 0.2) is 0 Å². The fourth-order valence-electron chi connectivity index (χ4n) is 3.56. The summed E-state index contributed by atoms with van der Waals surface area (Å²) in [4.78, 5) is 41.0. The molecule has 0 aromatic heterocycles. The van der Waals surface area contributed by atoms with Crippen molar-refractivity contribution in [3.63, 3.8) is 0 Å². The number of unbranched alkanes of at least 4 members (excludes halogenated alkanes) is 16. The number of rotatable bonds is 24. The smallest absolute Gasteiger partial charge is 0.545 e. The van der Waals surface area contributed by atoms with Gasteiger partial charge in [-0.25, -0.2) is 4.79 Å². The van der Waals surface area contributed by atoms with Crippen LogP contribution in [0.1, 0.15) is 135 Å². The molecule has 2 N–H and O–H groups in total. The summed E-state index contributed by atoms with van der Waals surface area (Å²) < 4.78 is 4.89. The van der Waals surface area contributed by atoms with Crippen LogP contribution in [0.3, 0.4) is 0 Å². The topological polar surface area (TPSA) is 141 Å². The number of aliphatic carboxylic acids is 3. The van der Waals surface area contributed by atoms with Gasteiger partial charge in [-0.05, 0) is 25.3 Å². The van der Waals surface area contributed by atoms with Gasteiger partial charge in [0, 0.05) is 18.9 Å². The van der Waals surface area contributed by atoms with E-state index in [0.29, 0.717) is 25.5 Å². The number of carbonyl (C=O) groups is 4. The van der Waals surface area contributed by atoms with Gasteiger partial charge in [0.1, 0.15) is 0 Å². The van der Waals surface area contributed by atoms with E-state index in [1.807, 2.05) is 0 Å². The van der Waals surface area contributed by atoms with Gasteiger partial charge in [-0.15, -0.1) is 0 Å². The molecule has 0 atom stereocenters. The molecule has 0 bridgehead atoms. The number of hydrogen-bond acceptors (Lipinski definition) is 6. The molecule has 0 saturated carbocycles. The predicted octanol–water partition coefficient (Wildman–Crippen LogP) is 2.82. The molecule has 0 rings (SSSR count). The standard InChI is InChI=1S/C22H40O4.C6H10O4.Na/c1-2-3-4-5-6-7-8-9-10-11-12-13-14-15-16-17-20-26-22(25)19-18-21(23)24;7-5(8)3-1-2-4-6(9)10;/h18-19H,2-17,20H2,1H3,(H,23,24);1-4H2,(H,7,8)(H,9,10);/q;;+1/p-1. The molecule has 0 spiro atoms. The zero-order valence-electron chi connectivity index (χ0n) is 23.3. The summed E-state index contributed by atoms with van der Waals surface area (Å²) in [5, 5.41) is 26.4. The zero-order valence-corrected chi connectivity index (χ0v) is 25.3. The number of carbonyl (C=O) groups excluding carboxylic acids is 2. The van der Waals surface area contributed by atoms with E-state index in [0.717, 1.165) is 18.9 Å². The molecule has 0 aliphatic carbocycles. The maximum absolute atomic E-state index is 11.1. The van der Waals surface area contributed by atoms with Gasteiger partial charge in [0.05, 0.1) is 12.6 Å². The van der Waals surface area contributed by atoms with Crippen molar-refractivity contribution in [2.45, 2.75) is 135 Å². The summed E-state index contributed by atoms with van der Waals surface area (Å²) in [7, 11) is 0. The van der Waals surface area contributed by atoms with Gasteiger partial charge < -0.3 is 24.9 Å². The Morgan fingerprint density at radius 1 is 0.595 bits per heavy atom. The van der Waals surface area contributed by atoms with E-state index in [2.05, 4.69) is 6.92 Å². The van der Waals surface area contributed by atoms with Crippen molar-refractivity contribution in [1.29, 1.82) is 0 Å². The quantitative estimate of drug-likeness (QED) is 0.0830. The van der Waals surface area contributed by atoms with Crippen molar-refractivity contribution in [3.05, 3.63) is 12.2 Å². The number of esters is 1. The van der Waals surface area contributed by atoms with Crippen LogP contribution >= 0.6 is 0 Å². The first kappa shape index (κ1) is 40.1. The molecule has 0 fully saturated rings. The first-order valence-corrected chi connectivity index (χ1v) is 13.8. The summed E-state index contributed by atoms with van der Waals surface area (Å²) in [5.41, 5.74) is 0. The second kappa shape index (κ2) is 32.6. The molecular formula is C28H49NaO8. The van der Waals surface area contributed by atoms with E-state index < -0.39 is 23.9 Å². The Hall–Kier alpha value is -1.38. The number of ether oxygens (including phenoxy) is 1. The normalized spacial score (nSPS) is 10.3. The number of carboxylic acids is 3. The minimum Gasteiger partial charge on any atom is -0.545 e. The molecule has 37 heavy (non-hydrogen) atoms. The monoisotopic (exact) mass is 536 g/mol. The molecule has 0 aromatic carbocycles. The molecule has 0 saturated heterocycles. The number of hydrogen-bond donors (Lipinski definition) is 2. The van der Waals surface area contributed by atoms with Crippen LogP contribution in [0, 0.1) is 0 Å². The van der Waals surface area contributed by atoms with E-state index in [4.69, 9.17) is 14.9 Å². The minimum absolute atomic E-state index is 0. The average Bonchev–Trinajstić information content (AvgIpc) is 2.82. The minimum atomic E-state index is -1.38. The second-order valence-corrected chi connectivity index (χ2v) is 9.12. The Morgan fingerprint density at radius 2 is 0.946 bits per heavy atom. The van der Waals surface area contributed by atoms with Gasteiger partial charge in [0.25, 0.3) is 0 Å².